The molecule has 29 heavy (non-hydrogen) atoms. The highest BCUT2D eigenvalue weighted by Crippen LogP contribution is 2.34. The van der Waals surface area contributed by atoms with E-state index < -0.39 is 0 Å². The lowest BCUT2D eigenvalue weighted by molar-refractivity contribution is 1.44. The summed E-state index contributed by atoms with van der Waals surface area (Å²) in [5.74, 6) is 0. The molecular weight excluding hydrogens is 374 g/mol. The summed E-state index contributed by atoms with van der Waals surface area (Å²) in [6.07, 6.45) is 0. The summed E-state index contributed by atoms with van der Waals surface area (Å²) in [6.45, 7) is 0. The fourth-order valence-electron chi connectivity index (χ4n) is 3.47. The largest absolute Gasteiger partial charge is 0.236 e. The molecule has 1 aromatic heterocycles. The summed E-state index contributed by atoms with van der Waals surface area (Å²) in [7, 11) is 0. The van der Waals surface area contributed by atoms with E-state index in [9.17, 15) is 5.26 Å². The molecule has 0 N–H and O–H groups in total. The monoisotopic (exact) mass is 387 g/mol. The van der Waals surface area contributed by atoms with E-state index in [1.54, 1.807) is 6.07 Å². The zero-order valence-corrected chi connectivity index (χ0v) is 16.1. The summed E-state index contributed by atoms with van der Waals surface area (Å²) < 4.78 is 0.966. The molecule has 4 aromatic carbocycles. The van der Waals surface area contributed by atoms with Crippen molar-refractivity contribution < 1.29 is 0 Å². The Hall–Kier alpha value is -3.99. The molecule has 0 bridgehead atoms. The lowest BCUT2D eigenvalue weighted by Crippen LogP contribution is -1.85. The van der Waals surface area contributed by atoms with E-state index in [0.29, 0.717) is 11.1 Å². The van der Waals surface area contributed by atoms with Crippen molar-refractivity contribution in [3.63, 3.8) is 0 Å². The van der Waals surface area contributed by atoms with E-state index in [2.05, 4.69) is 48.5 Å². The van der Waals surface area contributed by atoms with Gasteiger partial charge in [-0.05, 0) is 64.4 Å². The van der Waals surface area contributed by atoms with Crippen molar-refractivity contribution in [2.75, 3.05) is 0 Å². The van der Waals surface area contributed by atoms with Crippen LogP contribution in [0.2, 0.25) is 0 Å². The van der Waals surface area contributed by atoms with E-state index >= 15 is 0 Å². The maximum atomic E-state index is 9.56. The molecule has 0 atom stereocenters. The Labute approximate surface area is 171 Å². The third kappa shape index (κ3) is 3.12. The highest BCUT2D eigenvalue weighted by molar-refractivity contribution is 7.21. The highest BCUT2D eigenvalue weighted by Gasteiger charge is 2.11. The molecule has 0 unspecified atom stereocenters. The second-order valence-electron chi connectivity index (χ2n) is 6.79. The van der Waals surface area contributed by atoms with Crippen molar-refractivity contribution in [2.24, 2.45) is 0 Å². The zero-order valence-electron chi connectivity index (χ0n) is 15.3. The van der Waals surface area contributed by atoms with E-state index in [0.717, 1.165) is 37.3 Å². The van der Waals surface area contributed by atoms with Crippen LogP contribution in [0.5, 0.6) is 0 Å². The van der Waals surface area contributed by atoms with Gasteiger partial charge in [-0.3, -0.25) is 0 Å². The molecule has 5 aromatic rings. The molecule has 0 saturated heterocycles. The van der Waals surface area contributed by atoms with Crippen molar-refractivity contribution in [1.82, 2.24) is 4.98 Å². The van der Waals surface area contributed by atoms with Crippen LogP contribution in [0.1, 0.15) is 11.1 Å². The molecule has 0 aliphatic carbocycles. The number of rotatable bonds is 2. The molecule has 4 heteroatoms. The van der Waals surface area contributed by atoms with Gasteiger partial charge in [-0.2, -0.15) is 10.5 Å². The molecule has 0 aliphatic rings. The van der Waals surface area contributed by atoms with Crippen LogP contribution < -0.4 is 0 Å². The third-order valence-corrected chi connectivity index (χ3v) is 5.98. The summed E-state index contributed by atoms with van der Waals surface area (Å²) in [5.41, 5.74) is 5.04. The molecule has 0 spiro atoms. The number of nitrogens with zero attached hydrogens (tertiary/aromatic N) is 3. The van der Waals surface area contributed by atoms with Crippen LogP contribution >= 0.6 is 11.3 Å². The average Bonchev–Trinajstić information content (AvgIpc) is 3.21. The molecule has 0 radical (unpaired) electrons. The standard InChI is InChI=1S/C25H13N3S/c26-14-16-5-8-23-24(11-16)29-25(28-23)22-10-17(15-27)9-21(13-22)20-7-6-18-3-1-2-4-19(18)12-20/h1-13H. The van der Waals surface area contributed by atoms with Gasteiger partial charge in [0.05, 0.1) is 33.5 Å². The van der Waals surface area contributed by atoms with Gasteiger partial charge < -0.3 is 0 Å². The molecular formula is C25H13N3S. The van der Waals surface area contributed by atoms with Gasteiger partial charge in [-0.1, -0.05) is 36.4 Å². The number of benzene rings is 4. The summed E-state index contributed by atoms with van der Waals surface area (Å²) in [4.78, 5) is 4.72. The molecule has 0 saturated carbocycles. The number of nitriles is 2. The SMILES string of the molecule is N#Cc1cc(-c2ccc3ccccc3c2)cc(-c2nc3ccc(C#N)cc3s2)c1. The number of aromatic nitrogens is 1. The van der Waals surface area contributed by atoms with Gasteiger partial charge in [0.15, 0.2) is 0 Å². The first-order chi connectivity index (χ1) is 14.2. The molecule has 0 amide bonds. The maximum Gasteiger partial charge on any atom is 0.124 e. The van der Waals surface area contributed by atoms with Gasteiger partial charge in [0.2, 0.25) is 0 Å². The minimum Gasteiger partial charge on any atom is -0.236 e. The van der Waals surface area contributed by atoms with Crippen LogP contribution in [-0.2, 0) is 0 Å². The summed E-state index contributed by atoms with van der Waals surface area (Å²) in [6, 6.07) is 30.4. The molecule has 0 fully saturated rings. The Morgan fingerprint density at radius 3 is 2.28 bits per heavy atom. The number of fused-ring (bicyclic) bond motifs is 2. The summed E-state index contributed by atoms with van der Waals surface area (Å²) in [5, 5.41) is 21.9. The molecule has 1 heterocycles. The van der Waals surface area contributed by atoms with Crippen LogP contribution in [0.15, 0.2) is 78.9 Å². The third-order valence-electron chi connectivity index (χ3n) is 4.91. The van der Waals surface area contributed by atoms with Crippen molar-refractivity contribution in [1.29, 1.82) is 10.5 Å². The number of thiazole rings is 1. The Kier molecular flexibility index (Phi) is 4.06. The van der Waals surface area contributed by atoms with Gasteiger partial charge in [0.1, 0.15) is 5.01 Å². The first kappa shape index (κ1) is 17.1. The Morgan fingerprint density at radius 1 is 0.655 bits per heavy atom. The fourth-order valence-corrected chi connectivity index (χ4v) is 4.46. The minimum atomic E-state index is 0.600. The smallest absolute Gasteiger partial charge is 0.124 e. The topological polar surface area (TPSA) is 60.5 Å². The quantitative estimate of drug-likeness (QED) is 0.346. The van der Waals surface area contributed by atoms with Gasteiger partial charge in [-0.25, -0.2) is 4.98 Å². The van der Waals surface area contributed by atoms with Crippen LogP contribution in [-0.4, -0.2) is 4.98 Å². The minimum absolute atomic E-state index is 0.600. The van der Waals surface area contributed by atoms with Crippen LogP contribution in [0.25, 0.3) is 42.7 Å². The van der Waals surface area contributed by atoms with Gasteiger partial charge in [0.25, 0.3) is 0 Å². The fraction of sp³-hybridized carbons (Fsp3) is 0. The van der Waals surface area contributed by atoms with Gasteiger partial charge in [0, 0.05) is 5.56 Å². The van der Waals surface area contributed by atoms with Crippen LogP contribution in [0, 0.1) is 22.7 Å². The van der Waals surface area contributed by atoms with Crippen molar-refractivity contribution in [3.8, 4) is 33.8 Å². The number of hydrogen-bond acceptors (Lipinski definition) is 4. The van der Waals surface area contributed by atoms with E-state index in [-0.39, 0.29) is 0 Å². The Balaban J connectivity index is 1.66. The van der Waals surface area contributed by atoms with Crippen molar-refractivity contribution in [2.45, 2.75) is 0 Å². The lowest BCUT2D eigenvalue weighted by atomic mass is 9.98. The van der Waals surface area contributed by atoms with E-state index in [4.69, 9.17) is 10.2 Å². The molecule has 5 rings (SSSR count). The molecule has 3 nitrogen and oxygen atoms in total. The first-order valence-corrected chi connectivity index (χ1v) is 9.90. The highest BCUT2D eigenvalue weighted by atomic mass is 32.1. The van der Waals surface area contributed by atoms with Crippen LogP contribution in [0.4, 0.5) is 0 Å². The molecule has 134 valence electrons. The summed E-state index contributed by atoms with van der Waals surface area (Å²) >= 11 is 1.53. The van der Waals surface area contributed by atoms with E-state index in [1.165, 1.54) is 16.7 Å². The predicted octanol–water partition coefficient (Wildman–Crippen LogP) is 6.53. The maximum absolute atomic E-state index is 9.56. The molecule has 0 aliphatic heterocycles. The lowest BCUT2D eigenvalue weighted by Gasteiger charge is -2.07. The average molecular weight is 387 g/mol. The second-order valence-corrected chi connectivity index (χ2v) is 7.82. The Morgan fingerprint density at radius 2 is 1.45 bits per heavy atom. The normalized spacial score (nSPS) is 10.7. The number of hydrogen-bond donors (Lipinski definition) is 0. The predicted molar refractivity (Wildman–Crippen MR) is 117 cm³/mol. The van der Waals surface area contributed by atoms with Gasteiger partial charge >= 0.3 is 0 Å². The van der Waals surface area contributed by atoms with Crippen molar-refractivity contribution in [3.05, 3.63) is 90.0 Å². The Bertz CT molecular complexity index is 1480. The van der Waals surface area contributed by atoms with Crippen molar-refractivity contribution >= 4 is 32.3 Å². The van der Waals surface area contributed by atoms with Gasteiger partial charge in [-0.15, -0.1) is 11.3 Å². The second kappa shape index (κ2) is 6.87. The first-order valence-electron chi connectivity index (χ1n) is 9.09. The van der Waals surface area contributed by atoms with E-state index in [1.807, 2.05) is 36.4 Å². The van der Waals surface area contributed by atoms with Crippen LogP contribution in [0.3, 0.4) is 0 Å². The zero-order chi connectivity index (χ0) is 19.8.